The third-order valence-corrected chi connectivity index (χ3v) is 5.27. The summed E-state index contributed by atoms with van der Waals surface area (Å²) in [7, 11) is 0. The maximum Gasteiger partial charge on any atom is 0.124 e. The summed E-state index contributed by atoms with van der Waals surface area (Å²) in [5.41, 5.74) is 1.09. The zero-order valence-corrected chi connectivity index (χ0v) is 12.0. The van der Waals surface area contributed by atoms with Gasteiger partial charge >= 0.3 is 0 Å². The molecular formula is C15H19FN2S. The Bertz CT molecular complexity index is 567. The van der Waals surface area contributed by atoms with Crippen LogP contribution in [-0.4, -0.2) is 18.1 Å². The van der Waals surface area contributed by atoms with Crippen LogP contribution in [0.15, 0.2) is 18.2 Å². The van der Waals surface area contributed by atoms with Crippen molar-refractivity contribution >= 4 is 21.6 Å². The van der Waals surface area contributed by atoms with Crippen molar-refractivity contribution in [3.8, 4) is 0 Å². The lowest BCUT2D eigenvalue weighted by Crippen LogP contribution is -2.43. The van der Waals surface area contributed by atoms with E-state index in [9.17, 15) is 4.39 Å². The average Bonchev–Trinajstić information content (AvgIpc) is 2.83. The SMILES string of the molecule is CCCC1(c2nc3ccc(F)cc3s2)CCCNC1. The number of nitrogens with one attached hydrogen (secondary N) is 1. The number of hydrogen-bond acceptors (Lipinski definition) is 3. The molecule has 0 saturated carbocycles. The molecule has 1 atom stereocenters. The van der Waals surface area contributed by atoms with Crippen molar-refractivity contribution in [1.82, 2.24) is 10.3 Å². The largest absolute Gasteiger partial charge is 0.316 e. The van der Waals surface area contributed by atoms with Crippen LogP contribution in [0.4, 0.5) is 4.39 Å². The van der Waals surface area contributed by atoms with Gasteiger partial charge in [-0.1, -0.05) is 13.3 Å². The Balaban J connectivity index is 2.04. The fraction of sp³-hybridized carbons (Fsp3) is 0.533. The van der Waals surface area contributed by atoms with Crippen LogP contribution < -0.4 is 5.32 Å². The predicted octanol–water partition coefficient (Wildman–Crippen LogP) is 3.86. The molecule has 1 aromatic heterocycles. The van der Waals surface area contributed by atoms with Crippen LogP contribution in [0.25, 0.3) is 10.2 Å². The van der Waals surface area contributed by atoms with Gasteiger partial charge in [-0.3, -0.25) is 0 Å². The van der Waals surface area contributed by atoms with E-state index in [2.05, 4.69) is 12.2 Å². The van der Waals surface area contributed by atoms with E-state index < -0.39 is 0 Å². The van der Waals surface area contributed by atoms with Crippen molar-refractivity contribution in [1.29, 1.82) is 0 Å². The van der Waals surface area contributed by atoms with Gasteiger partial charge in [0.15, 0.2) is 0 Å². The second-order valence-electron chi connectivity index (χ2n) is 5.44. The molecule has 4 heteroatoms. The molecule has 19 heavy (non-hydrogen) atoms. The normalized spacial score (nSPS) is 23.9. The lowest BCUT2D eigenvalue weighted by atomic mass is 9.77. The first-order valence-electron chi connectivity index (χ1n) is 7.01. The topological polar surface area (TPSA) is 24.9 Å². The fourth-order valence-corrected chi connectivity index (χ4v) is 4.31. The van der Waals surface area contributed by atoms with E-state index in [1.165, 1.54) is 23.9 Å². The number of thiazole rings is 1. The molecule has 0 amide bonds. The van der Waals surface area contributed by atoms with Gasteiger partial charge < -0.3 is 5.32 Å². The Morgan fingerprint density at radius 2 is 2.37 bits per heavy atom. The number of aromatic nitrogens is 1. The molecule has 2 heterocycles. The first-order chi connectivity index (χ1) is 9.23. The molecule has 1 aliphatic heterocycles. The van der Waals surface area contributed by atoms with Crippen LogP contribution in [-0.2, 0) is 5.41 Å². The number of benzene rings is 1. The standard InChI is InChI=1S/C15H19FN2S/c1-2-6-15(7-3-8-17-10-15)14-18-12-5-4-11(16)9-13(12)19-14/h4-5,9,17H,2-3,6-8,10H2,1H3. The zero-order chi connectivity index (χ0) is 13.3. The smallest absolute Gasteiger partial charge is 0.124 e. The molecule has 102 valence electrons. The molecule has 2 aromatic rings. The predicted molar refractivity (Wildman–Crippen MR) is 78.3 cm³/mol. The number of halogens is 1. The van der Waals surface area contributed by atoms with Gasteiger partial charge in [-0.15, -0.1) is 11.3 Å². The van der Waals surface area contributed by atoms with Crippen LogP contribution >= 0.6 is 11.3 Å². The molecule has 1 aromatic carbocycles. The summed E-state index contributed by atoms with van der Waals surface area (Å²) in [5, 5.41) is 4.69. The molecule has 1 fully saturated rings. The molecule has 1 N–H and O–H groups in total. The minimum atomic E-state index is -0.172. The summed E-state index contributed by atoms with van der Waals surface area (Å²) in [6.45, 7) is 4.33. The van der Waals surface area contributed by atoms with Gasteiger partial charge in [-0.25, -0.2) is 9.37 Å². The molecule has 3 rings (SSSR count). The van der Waals surface area contributed by atoms with Crippen LogP contribution in [0.3, 0.4) is 0 Å². The van der Waals surface area contributed by atoms with Crippen LogP contribution in [0.1, 0.15) is 37.6 Å². The van der Waals surface area contributed by atoms with E-state index in [4.69, 9.17) is 4.98 Å². The quantitative estimate of drug-likeness (QED) is 0.922. The Kier molecular flexibility index (Phi) is 3.54. The summed E-state index contributed by atoms with van der Waals surface area (Å²) < 4.78 is 14.3. The van der Waals surface area contributed by atoms with E-state index >= 15 is 0 Å². The third-order valence-electron chi connectivity index (χ3n) is 4.00. The Morgan fingerprint density at radius 3 is 3.11 bits per heavy atom. The number of nitrogens with zero attached hydrogens (tertiary/aromatic N) is 1. The summed E-state index contributed by atoms with van der Waals surface area (Å²) in [6, 6.07) is 4.89. The highest BCUT2D eigenvalue weighted by Gasteiger charge is 2.35. The molecule has 1 saturated heterocycles. The van der Waals surface area contributed by atoms with E-state index in [-0.39, 0.29) is 11.2 Å². The van der Waals surface area contributed by atoms with E-state index in [1.54, 1.807) is 23.5 Å². The Labute approximate surface area is 117 Å². The van der Waals surface area contributed by atoms with Crippen molar-refractivity contribution in [3.63, 3.8) is 0 Å². The molecule has 0 radical (unpaired) electrons. The highest BCUT2D eigenvalue weighted by molar-refractivity contribution is 7.18. The van der Waals surface area contributed by atoms with Crippen molar-refractivity contribution in [3.05, 3.63) is 29.0 Å². The van der Waals surface area contributed by atoms with Crippen LogP contribution in [0, 0.1) is 5.82 Å². The van der Waals surface area contributed by atoms with Crippen molar-refractivity contribution in [2.45, 2.75) is 38.0 Å². The molecule has 0 spiro atoms. The van der Waals surface area contributed by atoms with Gasteiger partial charge in [0.25, 0.3) is 0 Å². The summed E-state index contributed by atoms with van der Waals surface area (Å²) in [6.07, 6.45) is 4.70. The van der Waals surface area contributed by atoms with Crippen LogP contribution in [0.5, 0.6) is 0 Å². The van der Waals surface area contributed by atoms with Gasteiger partial charge in [-0.2, -0.15) is 0 Å². The number of rotatable bonds is 3. The minimum absolute atomic E-state index is 0.160. The van der Waals surface area contributed by atoms with Gasteiger partial charge in [0.1, 0.15) is 10.8 Å². The van der Waals surface area contributed by atoms with Crippen molar-refractivity contribution in [2.24, 2.45) is 0 Å². The first kappa shape index (κ1) is 13.0. The van der Waals surface area contributed by atoms with Gasteiger partial charge in [0, 0.05) is 12.0 Å². The van der Waals surface area contributed by atoms with Crippen molar-refractivity contribution < 1.29 is 4.39 Å². The summed E-state index contributed by atoms with van der Waals surface area (Å²) in [4.78, 5) is 4.78. The van der Waals surface area contributed by atoms with Crippen LogP contribution in [0.2, 0.25) is 0 Å². The summed E-state index contributed by atoms with van der Waals surface area (Å²) in [5.74, 6) is -0.172. The fourth-order valence-electron chi connectivity index (χ4n) is 3.07. The van der Waals surface area contributed by atoms with E-state index in [0.29, 0.717) is 0 Å². The minimum Gasteiger partial charge on any atom is -0.316 e. The Hall–Kier alpha value is -1.00. The average molecular weight is 278 g/mol. The Morgan fingerprint density at radius 1 is 1.47 bits per heavy atom. The first-order valence-corrected chi connectivity index (χ1v) is 7.82. The van der Waals surface area contributed by atoms with E-state index in [1.807, 2.05) is 0 Å². The van der Waals surface area contributed by atoms with E-state index in [0.717, 1.165) is 36.1 Å². The third kappa shape index (κ3) is 2.39. The zero-order valence-electron chi connectivity index (χ0n) is 11.2. The maximum atomic E-state index is 13.3. The summed E-state index contributed by atoms with van der Waals surface area (Å²) >= 11 is 1.67. The number of fused-ring (bicyclic) bond motifs is 1. The monoisotopic (exact) mass is 278 g/mol. The molecule has 1 aliphatic rings. The lowest BCUT2D eigenvalue weighted by molar-refractivity contribution is 0.290. The molecule has 0 bridgehead atoms. The molecule has 2 nitrogen and oxygen atoms in total. The number of piperidine rings is 1. The molecule has 1 unspecified atom stereocenters. The highest BCUT2D eigenvalue weighted by Crippen LogP contribution is 2.39. The maximum absolute atomic E-state index is 13.3. The van der Waals surface area contributed by atoms with Gasteiger partial charge in [0.2, 0.25) is 0 Å². The second-order valence-corrected chi connectivity index (χ2v) is 6.47. The molecule has 0 aliphatic carbocycles. The highest BCUT2D eigenvalue weighted by atomic mass is 32.1. The lowest BCUT2D eigenvalue weighted by Gasteiger charge is -2.35. The van der Waals surface area contributed by atoms with Gasteiger partial charge in [0.05, 0.1) is 10.2 Å². The second kappa shape index (κ2) is 5.17. The molecular weight excluding hydrogens is 259 g/mol. The number of hydrogen-bond donors (Lipinski definition) is 1. The van der Waals surface area contributed by atoms with Gasteiger partial charge in [-0.05, 0) is 44.0 Å². The van der Waals surface area contributed by atoms with Crippen molar-refractivity contribution in [2.75, 3.05) is 13.1 Å².